The summed E-state index contributed by atoms with van der Waals surface area (Å²) in [6.45, 7) is 0. The zero-order valence-electron chi connectivity index (χ0n) is 9.92. The minimum absolute atomic E-state index is 0.0662. The van der Waals surface area contributed by atoms with E-state index in [-0.39, 0.29) is 16.3 Å². The van der Waals surface area contributed by atoms with Gasteiger partial charge in [0.1, 0.15) is 5.56 Å². The van der Waals surface area contributed by atoms with Crippen LogP contribution in [0, 0.1) is 0 Å². The fourth-order valence-electron chi connectivity index (χ4n) is 1.58. The van der Waals surface area contributed by atoms with E-state index < -0.39 is 11.9 Å². The van der Waals surface area contributed by atoms with Gasteiger partial charge in [-0.1, -0.05) is 17.7 Å². The lowest BCUT2D eigenvalue weighted by atomic mass is 10.1. The summed E-state index contributed by atoms with van der Waals surface area (Å²) in [5.41, 5.74) is 0.342. The third kappa shape index (κ3) is 2.74. The van der Waals surface area contributed by atoms with Gasteiger partial charge in [-0.2, -0.15) is 5.10 Å². The third-order valence-electron chi connectivity index (χ3n) is 2.44. The van der Waals surface area contributed by atoms with Gasteiger partial charge < -0.3 is 10.4 Å². The van der Waals surface area contributed by atoms with Crippen molar-refractivity contribution < 1.29 is 14.7 Å². The molecule has 2 rings (SSSR count). The Balaban J connectivity index is 2.31. The quantitative estimate of drug-likeness (QED) is 0.900. The molecule has 0 bridgehead atoms. The van der Waals surface area contributed by atoms with Crippen LogP contribution < -0.4 is 5.32 Å². The van der Waals surface area contributed by atoms with Gasteiger partial charge in [0.15, 0.2) is 0 Å². The normalized spacial score (nSPS) is 10.2. The molecule has 7 heteroatoms. The Hall–Kier alpha value is -2.34. The molecule has 0 spiro atoms. The molecule has 0 unspecified atom stereocenters. The van der Waals surface area contributed by atoms with Gasteiger partial charge in [-0.25, -0.2) is 4.79 Å². The van der Waals surface area contributed by atoms with E-state index in [2.05, 4.69) is 10.4 Å². The van der Waals surface area contributed by atoms with Crippen LogP contribution in [0.2, 0.25) is 5.02 Å². The first-order valence-electron chi connectivity index (χ1n) is 5.31. The van der Waals surface area contributed by atoms with Crippen LogP contribution in [-0.2, 0) is 7.05 Å². The molecule has 1 heterocycles. The Morgan fingerprint density at radius 2 is 2.16 bits per heavy atom. The fourth-order valence-corrected chi connectivity index (χ4v) is 1.83. The minimum Gasteiger partial charge on any atom is -0.478 e. The van der Waals surface area contributed by atoms with Crippen LogP contribution >= 0.6 is 11.6 Å². The van der Waals surface area contributed by atoms with Crippen molar-refractivity contribution >= 4 is 29.2 Å². The molecule has 0 saturated carbocycles. The second-order valence-electron chi connectivity index (χ2n) is 3.82. The van der Waals surface area contributed by atoms with Crippen LogP contribution in [-0.4, -0.2) is 26.8 Å². The van der Waals surface area contributed by atoms with Crippen molar-refractivity contribution in [2.24, 2.45) is 7.05 Å². The van der Waals surface area contributed by atoms with Crippen LogP contribution in [0.4, 0.5) is 5.69 Å². The maximum atomic E-state index is 11.9. The molecule has 0 saturated heterocycles. The van der Waals surface area contributed by atoms with E-state index in [1.54, 1.807) is 13.1 Å². The number of halogens is 1. The highest BCUT2D eigenvalue weighted by atomic mass is 35.5. The summed E-state index contributed by atoms with van der Waals surface area (Å²) < 4.78 is 1.48. The van der Waals surface area contributed by atoms with Gasteiger partial charge in [-0.05, 0) is 12.1 Å². The molecule has 2 N–H and O–H groups in total. The van der Waals surface area contributed by atoms with Crippen molar-refractivity contribution in [1.82, 2.24) is 9.78 Å². The highest BCUT2D eigenvalue weighted by Crippen LogP contribution is 2.24. The standard InChI is InChI=1S/C12H10ClN3O3/c1-16-6-7(5-14-16)11(17)15-9-4-2-3-8(13)10(9)12(18)19/h2-6H,1H3,(H,15,17)(H,18,19). The molecule has 0 aliphatic heterocycles. The van der Waals surface area contributed by atoms with Gasteiger partial charge in [0, 0.05) is 13.2 Å². The van der Waals surface area contributed by atoms with Crippen molar-refractivity contribution in [3.63, 3.8) is 0 Å². The number of hydrogen-bond donors (Lipinski definition) is 2. The number of rotatable bonds is 3. The summed E-state index contributed by atoms with van der Waals surface area (Å²) in [6, 6.07) is 4.49. The Kier molecular flexibility index (Phi) is 3.52. The van der Waals surface area contributed by atoms with Crippen LogP contribution in [0.5, 0.6) is 0 Å². The lowest BCUT2D eigenvalue weighted by molar-refractivity contribution is 0.0698. The van der Waals surface area contributed by atoms with E-state index in [1.807, 2.05) is 0 Å². The molecule has 0 radical (unpaired) electrons. The second-order valence-corrected chi connectivity index (χ2v) is 4.23. The molecule has 0 aliphatic rings. The summed E-state index contributed by atoms with van der Waals surface area (Å²) in [7, 11) is 1.68. The SMILES string of the molecule is Cn1cc(C(=O)Nc2cccc(Cl)c2C(=O)O)cn1. The number of carbonyl (C=O) groups excluding carboxylic acids is 1. The number of nitrogens with zero attached hydrogens (tertiary/aromatic N) is 2. The lowest BCUT2D eigenvalue weighted by Gasteiger charge is -2.08. The number of aryl methyl sites for hydroxylation is 1. The number of amides is 1. The van der Waals surface area contributed by atoms with E-state index in [9.17, 15) is 9.59 Å². The van der Waals surface area contributed by atoms with E-state index in [1.165, 1.54) is 29.2 Å². The van der Waals surface area contributed by atoms with Crippen molar-refractivity contribution in [2.45, 2.75) is 0 Å². The molecule has 0 fully saturated rings. The number of nitrogens with one attached hydrogen (secondary N) is 1. The molecule has 1 amide bonds. The second kappa shape index (κ2) is 5.11. The molecule has 19 heavy (non-hydrogen) atoms. The molecule has 0 aliphatic carbocycles. The Morgan fingerprint density at radius 3 is 2.74 bits per heavy atom. The summed E-state index contributed by atoms with van der Waals surface area (Å²) in [5.74, 6) is -1.65. The number of benzene rings is 1. The van der Waals surface area contributed by atoms with Crippen molar-refractivity contribution in [1.29, 1.82) is 0 Å². The van der Waals surface area contributed by atoms with Gasteiger partial charge in [0.25, 0.3) is 5.91 Å². The number of aromatic carboxylic acids is 1. The first-order valence-corrected chi connectivity index (χ1v) is 5.68. The summed E-state index contributed by atoms with van der Waals surface area (Å²) >= 11 is 5.81. The highest BCUT2D eigenvalue weighted by Gasteiger charge is 2.17. The number of carboxylic acids is 1. The predicted molar refractivity (Wildman–Crippen MR) is 69.6 cm³/mol. The van der Waals surface area contributed by atoms with Crippen LogP contribution in [0.3, 0.4) is 0 Å². The molecule has 6 nitrogen and oxygen atoms in total. The zero-order valence-corrected chi connectivity index (χ0v) is 10.7. The number of carbonyl (C=O) groups is 2. The van der Waals surface area contributed by atoms with E-state index in [4.69, 9.17) is 16.7 Å². The maximum Gasteiger partial charge on any atom is 0.339 e. The maximum absolute atomic E-state index is 11.9. The van der Waals surface area contributed by atoms with Crippen LogP contribution in [0.25, 0.3) is 0 Å². The lowest BCUT2D eigenvalue weighted by Crippen LogP contribution is -2.14. The monoisotopic (exact) mass is 279 g/mol. The summed E-state index contributed by atoms with van der Waals surface area (Å²) in [4.78, 5) is 23.0. The number of anilines is 1. The van der Waals surface area contributed by atoms with E-state index in [0.29, 0.717) is 5.56 Å². The molecule has 2 aromatic rings. The van der Waals surface area contributed by atoms with E-state index in [0.717, 1.165) is 0 Å². The van der Waals surface area contributed by atoms with Crippen molar-refractivity contribution in [3.8, 4) is 0 Å². The smallest absolute Gasteiger partial charge is 0.339 e. The first kappa shape index (κ1) is 13.1. The van der Waals surface area contributed by atoms with E-state index >= 15 is 0 Å². The van der Waals surface area contributed by atoms with Crippen molar-refractivity contribution in [3.05, 3.63) is 46.7 Å². The predicted octanol–water partition coefficient (Wildman–Crippen LogP) is 2.02. The molecule has 1 aromatic carbocycles. The number of carboxylic acid groups (broad SMARTS) is 1. The van der Waals surface area contributed by atoms with Gasteiger partial charge in [0.05, 0.1) is 22.5 Å². The topological polar surface area (TPSA) is 84.2 Å². The number of hydrogen-bond acceptors (Lipinski definition) is 3. The highest BCUT2D eigenvalue weighted by molar-refractivity contribution is 6.34. The van der Waals surface area contributed by atoms with Crippen molar-refractivity contribution in [2.75, 3.05) is 5.32 Å². The summed E-state index contributed by atoms with van der Waals surface area (Å²) in [5, 5.41) is 15.5. The summed E-state index contributed by atoms with van der Waals surface area (Å²) in [6.07, 6.45) is 2.92. The molecular formula is C12H10ClN3O3. The van der Waals surface area contributed by atoms with Gasteiger partial charge >= 0.3 is 5.97 Å². The molecule has 0 atom stereocenters. The average Bonchev–Trinajstić information content (AvgIpc) is 2.75. The molecular weight excluding hydrogens is 270 g/mol. The third-order valence-corrected chi connectivity index (χ3v) is 2.76. The molecule has 1 aromatic heterocycles. The molecule has 98 valence electrons. The Bertz CT molecular complexity index is 651. The Labute approximate surface area is 113 Å². The van der Waals surface area contributed by atoms with Gasteiger partial charge in [-0.3, -0.25) is 9.48 Å². The van der Waals surface area contributed by atoms with Crippen LogP contribution in [0.15, 0.2) is 30.6 Å². The van der Waals surface area contributed by atoms with Gasteiger partial charge in [0.2, 0.25) is 0 Å². The fraction of sp³-hybridized carbons (Fsp3) is 0.0833. The largest absolute Gasteiger partial charge is 0.478 e. The zero-order chi connectivity index (χ0) is 14.0. The van der Waals surface area contributed by atoms with Gasteiger partial charge in [-0.15, -0.1) is 0 Å². The van der Waals surface area contributed by atoms with Crippen LogP contribution in [0.1, 0.15) is 20.7 Å². The average molecular weight is 280 g/mol. The minimum atomic E-state index is -1.20. The first-order chi connectivity index (χ1) is 8.99. The number of aromatic nitrogens is 2. The Morgan fingerprint density at radius 1 is 1.42 bits per heavy atom.